The van der Waals surface area contributed by atoms with Crippen LogP contribution in [0.4, 0.5) is 0 Å². The van der Waals surface area contributed by atoms with Gasteiger partial charge in [0.2, 0.25) is 12.3 Å². The Balaban J connectivity index is 0.000001000. The smallest absolute Gasteiger partial charge is 0.475 e. The van der Waals surface area contributed by atoms with Crippen molar-refractivity contribution in [3.63, 3.8) is 0 Å². The zero-order valence-corrected chi connectivity index (χ0v) is 17.4. The Hall–Kier alpha value is -2.95. The van der Waals surface area contributed by atoms with Crippen LogP contribution >= 0.6 is 0 Å². The lowest BCUT2D eigenvalue weighted by Gasteiger charge is -2.21. The van der Waals surface area contributed by atoms with E-state index in [1.54, 1.807) is 12.3 Å². The van der Waals surface area contributed by atoms with Crippen molar-refractivity contribution in [2.75, 3.05) is 20.3 Å². The predicted octanol–water partition coefficient (Wildman–Crippen LogP) is 0.297. The summed E-state index contributed by atoms with van der Waals surface area (Å²) in [4.78, 5) is 26.4. The lowest BCUT2D eigenvalue weighted by molar-refractivity contribution is -0.127. The minimum atomic E-state index is -1.78. The maximum Gasteiger partial charge on any atom is 0.475 e. The fraction of sp³-hybridized carbons (Fsp3) is 0.350. The predicted molar refractivity (Wildman–Crippen MR) is 115 cm³/mol. The third kappa shape index (κ3) is 12.5. The van der Waals surface area contributed by atoms with Gasteiger partial charge in [-0.3, -0.25) is 14.6 Å². The summed E-state index contributed by atoms with van der Waals surface area (Å²) in [6, 6.07) is 4.93. The molecule has 1 rings (SSSR count). The molecule has 1 aromatic rings. The molecule has 2 atom stereocenters. The molecule has 0 saturated carbocycles. The Morgan fingerprint density at radius 1 is 1.37 bits per heavy atom. The second-order valence-electron chi connectivity index (χ2n) is 5.94. The maximum atomic E-state index is 12.0. The average Bonchev–Trinajstić information content (AvgIpc) is 2.73. The molecule has 0 aliphatic heterocycles. The third-order valence-corrected chi connectivity index (χ3v) is 3.60. The number of aryl methyl sites for hydroxylation is 1. The number of carbonyl (C=O) groups excluding carboxylic acids is 2. The quantitative estimate of drug-likeness (QED) is 0.157. The molecule has 2 unspecified atom stereocenters. The molecule has 4 N–H and O–H groups in total. The minimum Gasteiger partial charge on any atom is -0.494 e. The van der Waals surface area contributed by atoms with Crippen LogP contribution in [0.3, 0.4) is 0 Å². The number of methoxy groups -OCH3 is 1. The highest BCUT2D eigenvalue weighted by molar-refractivity contribution is 6.43. The van der Waals surface area contributed by atoms with E-state index >= 15 is 0 Å². The molecule has 0 fully saturated rings. The van der Waals surface area contributed by atoms with Crippen LogP contribution in [0.2, 0.25) is 0 Å². The van der Waals surface area contributed by atoms with E-state index in [2.05, 4.69) is 28.8 Å². The van der Waals surface area contributed by atoms with Crippen molar-refractivity contribution in [2.24, 2.45) is 0 Å². The number of carbonyl (C=O) groups is 2. The molecule has 164 valence electrons. The van der Waals surface area contributed by atoms with Crippen molar-refractivity contribution < 1.29 is 29.1 Å². The van der Waals surface area contributed by atoms with Crippen molar-refractivity contribution in [2.45, 2.75) is 25.3 Å². The summed E-state index contributed by atoms with van der Waals surface area (Å²) in [6.07, 6.45) is 6.89. The first-order valence-corrected chi connectivity index (χ1v) is 9.20. The van der Waals surface area contributed by atoms with Gasteiger partial charge in [0.25, 0.3) is 0 Å². The highest BCUT2D eigenvalue weighted by atomic mass is 16.5. The van der Waals surface area contributed by atoms with Gasteiger partial charge in [-0.25, -0.2) is 0 Å². The van der Waals surface area contributed by atoms with Gasteiger partial charge < -0.3 is 30.2 Å². The number of allylic oxidation sites excluding steroid dienone is 3. The topological polar surface area (TPSA) is 130 Å². The Morgan fingerprint density at radius 2 is 2.10 bits per heavy atom. The van der Waals surface area contributed by atoms with Crippen molar-refractivity contribution >= 4 is 19.4 Å². The van der Waals surface area contributed by atoms with Crippen LogP contribution < -0.4 is 10.6 Å². The number of hydrogen-bond donors (Lipinski definition) is 4. The van der Waals surface area contributed by atoms with Crippen LogP contribution in [0.25, 0.3) is 0 Å². The van der Waals surface area contributed by atoms with Gasteiger partial charge in [0.1, 0.15) is 11.8 Å². The molecular formula is C20H30BN3O6. The molecule has 1 heterocycles. The van der Waals surface area contributed by atoms with E-state index in [0.29, 0.717) is 12.2 Å². The maximum absolute atomic E-state index is 12.0. The summed E-state index contributed by atoms with van der Waals surface area (Å²) in [5, 5.41) is 23.4. The van der Waals surface area contributed by atoms with E-state index in [9.17, 15) is 19.6 Å². The molecule has 30 heavy (non-hydrogen) atoms. The van der Waals surface area contributed by atoms with E-state index in [1.807, 2.05) is 25.1 Å². The zero-order valence-electron chi connectivity index (χ0n) is 17.4. The molecule has 1 aromatic heterocycles. The third-order valence-electron chi connectivity index (χ3n) is 3.60. The van der Waals surface area contributed by atoms with Crippen LogP contribution in [0, 0.1) is 6.92 Å². The number of hydrogen-bond acceptors (Lipinski definition) is 7. The lowest BCUT2D eigenvalue weighted by atomic mass is 9.77. The molecular weight excluding hydrogens is 389 g/mol. The molecule has 0 aromatic carbocycles. The monoisotopic (exact) mass is 419 g/mol. The SMILES string of the molecule is C=C/C=C(\C=C)OCCC(NC(=O)C(COC)NC=O)B(O)O.Cc1ccccn1. The fourth-order valence-corrected chi connectivity index (χ4v) is 2.07. The molecule has 0 aliphatic carbocycles. The largest absolute Gasteiger partial charge is 0.494 e. The van der Waals surface area contributed by atoms with Crippen LogP contribution in [0.15, 0.2) is 61.5 Å². The van der Waals surface area contributed by atoms with Gasteiger partial charge in [-0.1, -0.05) is 25.3 Å². The highest BCUT2D eigenvalue weighted by Crippen LogP contribution is 2.03. The summed E-state index contributed by atoms with van der Waals surface area (Å²) in [6.45, 7) is 9.13. The molecule has 9 nitrogen and oxygen atoms in total. The summed E-state index contributed by atoms with van der Waals surface area (Å²) >= 11 is 0. The first-order valence-electron chi connectivity index (χ1n) is 9.20. The van der Waals surface area contributed by atoms with Crippen molar-refractivity contribution in [3.8, 4) is 0 Å². The van der Waals surface area contributed by atoms with Gasteiger partial charge >= 0.3 is 7.12 Å². The average molecular weight is 419 g/mol. The first kappa shape index (κ1) is 27.1. The molecule has 10 heteroatoms. The molecule has 2 amide bonds. The Morgan fingerprint density at radius 3 is 2.53 bits per heavy atom. The molecule has 0 aliphatic rings. The highest BCUT2D eigenvalue weighted by Gasteiger charge is 2.28. The van der Waals surface area contributed by atoms with E-state index in [-0.39, 0.29) is 19.6 Å². The van der Waals surface area contributed by atoms with Crippen LogP contribution in [0.1, 0.15) is 12.1 Å². The molecule has 0 bridgehead atoms. The molecule has 0 radical (unpaired) electrons. The van der Waals surface area contributed by atoms with Gasteiger partial charge in [-0.05, 0) is 31.2 Å². The molecule has 0 saturated heterocycles. The Kier molecular flexibility index (Phi) is 15.3. The van der Waals surface area contributed by atoms with Gasteiger partial charge in [-0.15, -0.1) is 0 Å². The normalized spacial score (nSPS) is 12.3. The number of nitrogens with one attached hydrogen (secondary N) is 2. The van der Waals surface area contributed by atoms with Crippen LogP contribution in [-0.2, 0) is 19.1 Å². The van der Waals surface area contributed by atoms with Crippen molar-refractivity contribution in [1.82, 2.24) is 15.6 Å². The van der Waals surface area contributed by atoms with Crippen molar-refractivity contribution in [3.05, 3.63) is 67.2 Å². The van der Waals surface area contributed by atoms with Gasteiger partial charge in [-0.2, -0.15) is 0 Å². The van der Waals surface area contributed by atoms with Crippen LogP contribution in [-0.4, -0.2) is 66.8 Å². The van der Waals surface area contributed by atoms with E-state index < -0.39 is 25.0 Å². The second kappa shape index (κ2) is 17.0. The van der Waals surface area contributed by atoms with Gasteiger partial charge in [0, 0.05) is 25.4 Å². The Labute approximate surface area is 177 Å². The first-order chi connectivity index (χ1) is 14.4. The van der Waals surface area contributed by atoms with Crippen molar-refractivity contribution in [1.29, 1.82) is 0 Å². The van der Waals surface area contributed by atoms with E-state index in [0.717, 1.165) is 5.69 Å². The number of aromatic nitrogens is 1. The zero-order chi connectivity index (χ0) is 22.8. The summed E-state index contributed by atoms with van der Waals surface area (Å²) in [7, 11) is -0.403. The van der Waals surface area contributed by atoms with Gasteiger partial charge in [0.15, 0.2) is 0 Å². The summed E-state index contributed by atoms with van der Waals surface area (Å²) in [5.74, 6) is -1.09. The lowest BCUT2D eigenvalue weighted by Crippen LogP contribution is -2.54. The number of rotatable bonds is 13. The summed E-state index contributed by atoms with van der Waals surface area (Å²) < 4.78 is 10.2. The Bertz CT molecular complexity index is 670. The standard InChI is InChI=1S/C14H23BN2O6.C6H7N/c1-4-6-11(5-2)23-8-7-13(15(20)21)17-14(19)12(9-22-3)16-10-18;1-6-4-2-3-5-7-6/h4-6,10,12-13,20-21H,1-2,7-9H2,3H3,(H,16,18)(H,17,19);2-5H,1H3/b11-6+;. The number of ether oxygens (including phenoxy) is 2. The second-order valence-corrected chi connectivity index (χ2v) is 5.94. The summed E-state index contributed by atoms with van der Waals surface area (Å²) in [5.41, 5.74) is 1.07. The van der Waals surface area contributed by atoms with Crippen LogP contribution in [0.5, 0.6) is 0 Å². The fourth-order valence-electron chi connectivity index (χ4n) is 2.07. The van der Waals surface area contributed by atoms with Gasteiger partial charge in [0.05, 0.1) is 19.2 Å². The number of amides is 2. The molecule has 0 spiro atoms. The van der Waals surface area contributed by atoms with E-state index in [1.165, 1.54) is 19.3 Å². The van der Waals surface area contributed by atoms with E-state index in [4.69, 9.17) is 9.47 Å². The number of pyridine rings is 1. The number of nitrogens with zero attached hydrogens (tertiary/aromatic N) is 1. The minimum absolute atomic E-state index is 0.0436.